The lowest BCUT2D eigenvalue weighted by Gasteiger charge is -2.25. The van der Waals surface area contributed by atoms with Gasteiger partial charge in [-0.1, -0.05) is 25.1 Å². The highest BCUT2D eigenvalue weighted by atomic mass is 32.2. The normalized spacial score (nSPS) is 19.2. The van der Waals surface area contributed by atoms with Crippen LogP contribution >= 0.6 is 11.8 Å². The summed E-state index contributed by atoms with van der Waals surface area (Å²) in [5, 5.41) is 3.61. The molecule has 0 amide bonds. The van der Waals surface area contributed by atoms with Crippen LogP contribution in [0, 0.1) is 0 Å². The van der Waals surface area contributed by atoms with Crippen LogP contribution in [0.1, 0.15) is 26.2 Å². The van der Waals surface area contributed by atoms with Gasteiger partial charge >= 0.3 is 0 Å². The molecule has 1 unspecified atom stereocenters. The maximum atomic E-state index is 3.61. The fraction of sp³-hybridized carbons (Fsp3) is 0.625. The third kappa shape index (κ3) is 5.55. The maximum absolute atomic E-state index is 3.61. The fourth-order valence-electron chi connectivity index (χ4n) is 2.64. The van der Waals surface area contributed by atoms with Gasteiger partial charge in [0.1, 0.15) is 0 Å². The monoisotopic (exact) mass is 278 g/mol. The summed E-state index contributed by atoms with van der Waals surface area (Å²) in [6.07, 6.45) is 3.96. The van der Waals surface area contributed by atoms with Crippen molar-refractivity contribution in [1.29, 1.82) is 0 Å². The molecule has 0 saturated carbocycles. The van der Waals surface area contributed by atoms with Crippen LogP contribution in [-0.4, -0.2) is 42.9 Å². The zero-order chi connectivity index (χ0) is 13.3. The average molecular weight is 278 g/mol. The van der Waals surface area contributed by atoms with Crippen LogP contribution in [-0.2, 0) is 0 Å². The highest BCUT2D eigenvalue weighted by Crippen LogP contribution is 2.17. The van der Waals surface area contributed by atoms with Crippen LogP contribution in [0.4, 0.5) is 0 Å². The van der Waals surface area contributed by atoms with E-state index in [1.807, 2.05) is 11.8 Å². The molecule has 0 aliphatic carbocycles. The summed E-state index contributed by atoms with van der Waals surface area (Å²) in [6.45, 7) is 7.14. The Morgan fingerprint density at radius 2 is 2.11 bits per heavy atom. The van der Waals surface area contributed by atoms with Gasteiger partial charge in [-0.05, 0) is 44.5 Å². The van der Waals surface area contributed by atoms with E-state index in [2.05, 4.69) is 47.5 Å². The highest BCUT2D eigenvalue weighted by Gasteiger charge is 2.17. The minimum atomic E-state index is 0.730. The summed E-state index contributed by atoms with van der Waals surface area (Å²) in [5.41, 5.74) is 0. The molecule has 19 heavy (non-hydrogen) atoms. The summed E-state index contributed by atoms with van der Waals surface area (Å²) in [5.74, 6) is 1.19. The number of nitrogens with one attached hydrogen (secondary N) is 1. The second-order valence-corrected chi connectivity index (χ2v) is 6.42. The van der Waals surface area contributed by atoms with E-state index < -0.39 is 0 Å². The predicted octanol–water partition coefficient (Wildman–Crippen LogP) is 3.24. The van der Waals surface area contributed by atoms with E-state index in [1.54, 1.807) is 0 Å². The maximum Gasteiger partial charge on any atom is 0.0195 e. The van der Waals surface area contributed by atoms with Gasteiger partial charge in [0.15, 0.2) is 0 Å². The van der Waals surface area contributed by atoms with Crippen molar-refractivity contribution in [2.75, 3.05) is 31.9 Å². The van der Waals surface area contributed by atoms with Crippen molar-refractivity contribution in [3.63, 3.8) is 0 Å². The Morgan fingerprint density at radius 3 is 2.79 bits per heavy atom. The van der Waals surface area contributed by atoms with Gasteiger partial charge in [-0.25, -0.2) is 0 Å². The fourth-order valence-corrected chi connectivity index (χ4v) is 3.58. The molecule has 1 aliphatic rings. The number of rotatable bonds is 8. The summed E-state index contributed by atoms with van der Waals surface area (Å²) >= 11 is 1.97. The quantitative estimate of drug-likeness (QED) is 0.735. The molecule has 2 nitrogen and oxygen atoms in total. The van der Waals surface area contributed by atoms with Crippen molar-refractivity contribution in [2.45, 2.75) is 37.1 Å². The predicted molar refractivity (Wildman–Crippen MR) is 84.9 cm³/mol. The summed E-state index contributed by atoms with van der Waals surface area (Å²) in [4.78, 5) is 4.01. The first-order valence-corrected chi connectivity index (χ1v) is 8.50. The molecule has 1 atom stereocenters. The Bertz CT molecular complexity index is 336. The SMILES string of the molecule is CCCN(CCSc1ccccc1)CC1CCCN1. The average Bonchev–Trinajstić information content (AvgIpc) is 2.93. The summed E-state index contributed by atoms with van der Waals surface area (Å²) in [7, 11) is 0. The summed E-state index contributed by atoms with van der Waals surface area (Å²) < 4.78 is 0. The van der Waals surface area contributed by atoms with Gasteiger partial charge in [0.2, 0.25) is 0 Å². The smallest absolute Gasteiger partial charge is 0.0195 e. The number of thioether (sulfide) groups is 1. The lowest BCUT2D eigenvalue weighted by atomic mass is 10.2. The Balaban J connectivity index is 1.70. The van der Waals surface area contributed by atoms with Crippen LogP contribution in [0.25, 0.3) is 0 Å². The van der Waals surface area contributed by atoms with E-state index in [1.165, 1.54) is 56.1 Å². The standard InChI is InChI=1S/C16H26N2S/c1-2-11-18(14-15-7-6-10-17-15)12-13-19-16-8-4-3-5-9-16/h3-5,8-9,15,17H,2,6-7,10-14H2,1H3. The molecule has 1 aromatic carbocycles. The van der Waals surface area contributed by atoms with Gasteiger partial charge in [-0.15, -0.1) is 11.8 Å². The molecule has 0 bridgehead atoms. The molecular weight excluding hydrogens is 252 g/mol. The van der Waals surface area contributed by atoms with Gasteiger partial charge < -0.3 is 10.2 Å². The molecule has 1 N–H and O–H groups in total. The number of hydrogen-bond acceptors (Lipinski definition) is 3. The van der Waals surface area contributed by atoms with Crippen molar-refractivity contribution < 1.29 is 0 Å². The molecule has 106 valence electrons. The molecule has 1 aliphatic heterocycles. The van der Waals surface area contributed by atoms with Gasteiger partial charge in [0.25, 0.3) is 0 Å². The molecular formula is C16H26N2S. The van der Waals surface area contributed by atoms with Gasteiger partial charge in [0.05, 0.1) is 0 Å². The molecule has 1 saturated heterocycles. The first kappa shape index (κ1) is 14.9. The van der Waals surface area contributed by atoms with E-state index in [4.69, 9.17) is 0 Å². The van der Waals surface area contributed by atoms with Crippen molar-refractivity contribution in [3.05, 3.63) is 30.3 Å². The summed E-state index contributed by atoms with van der Waals surface area (Å²) in [6, 6.07) is 11.5. The zero-order valence-corrected chi connectivity index (χ0v) is 12.8. The van der Waals surface area contributed by atoms with E-state index in [0.29, 0.717) is 0 Å². The van der Waals surface area contributed by atoms with Crippen LogP contribution < -0.4 is 5.32 Å². The Morgan fingerprint density at radius 1 is 1.26 bits per heavy atom. The number of benzene rings is 1. The van der Waals surface area contributed by atoms with Crippen molar-refractivity contribution >= 4 is 11.8 Å². The molecule has 3 heteroatoms. The van der Waals surface area contributed by atoms with Crippen LogP contribution in [0.15, 0.2) is 35.2 Å². The molecule has 2 rings (SSSR count). The zero-order valence-electron chi connectivity index (χ0n) is 12.0. The first-order chi connectivity index (χ1) is 9.38. The molecule has 1 fully saturated rings. The molecule has 0 aromatic heterocycles. The van der Waals surface area contributed by atoms with Crippen LogP contribution in [0.3, 0.4) is 0 Å². The number of hydrogen-bond donors (Lipinski definition) is 1. The van der Waals surface area contributed by atoms with E-state index in [0.717, 1.165) is 6.04 Å². The van der Waals surface area contributed by atoms with Crippen molar-refractivity contribution in [2.24, 2.45) is 0 Å². The number of nitrogens with zero attached hydrogens (tertiary/aromatic N) is 1. The van der Waals surface area contributed by atoms with Gasteiger partial charge in [0, 0.05) is 29.8 Å². The second-order valence-electron chi connectivity index (χ2n) is 5.26. The minimum Gasteiger partial charge on any atom is -0.313 e. The lowest BCUT2D eigenvalue weighted by Crippen LogP contribution is -2.39. The third-order valence-electron chi connectivity index (χ3n) is 3.60. The van der Waals surface area contributed by atoms with E-state index in [9.17, 15) is 0 Å². The van der Waals surface area contributed by atoms with E-state index >= 15 is 0 Å². The van der Waals surface area contributed by atoms with Gasteiger partial charge in [-0.3, -0.25) is 0 Å². The molecule has 0 spiro atoms. The lowest BCUT2D eigenvalue weighted by molar-refractivity contribution is 0.264. The van der Waals surface area contributed by atoms with Crippen molar-refractivity contribution in [3.8, 4) is 0 Å². The van der Waals surface area contributed by atoms with Crippen molar-refractivity contribution in [1.82, 2.24) is 10.2 Å². The minimum absolute atomic E-state index is 0.730. The molecule has 1 aromatic rings. The largest absolute Gasteiger partial charge is 0.313 e. The topological polar surface area (TPSA) is 15.3 Å². The first-order valence-electron chi connectivity index (χ1n) is 7.52. The second kappa shape index (κ2) is 8.62. The Hall–Kier alpha value is -0.510. The third-order valence-corrected chi connectivity index (χ3v) is 4.59. The Labute approximate surface area is 122 Å². The van der Waals surface area contributed by atoms with Gasteiger partial charge in [-0.2, -0.15) is 0 Å². The molecule has 0 radical (unpaired) electrons. The molecule has 1 heterocycles. The van der Waals surface area contributed by atoms with E-state index in [-0.39, 0.29) is 0 Å². The highest BCUT2D eigenvalue weighted by molar-refractivity contribution is 7.99. The van der Waals surface area contributed by atoms with Crippen LogP contribution in [0.2, 0.25) is 0 Å². The van der Waals surface area contributed by atoms with Crippen LogP contribution in [0.5, 0.6) is 0 Å². The Kier molecular flexibility index (Phi) is 6.75.